The summed E-state index contributed by atoms with van der Waals surface area (Å²) in [5.74, 6) is -0.194. The van der Waals surface area contributed by atoms with Crippen molar-refractivity contribution in [2.24, 2.45) is 0 Å². The minimum Gasteiger partial charge on any atom is -0.322 e. The highest BCUT2D eigenvalue weighted by molar-refractivity contribution is 7.80. The molecule has 0 unspecified atom stereocenters. The summed E-state index contributed by atoms with van der Waals surface area (Å²) in [7, 11) is 0. The molecule has 0 radical (unpaired) electrons. The van der Waals surface area contributed by atoms with Crippen LogP contribution >= 0.6 is 24.2 Å². The second kappa shape index (κ2) is 5.46. The van der Waals surface area contributed by atoms with E-state index in [9.17, 15) is 4.79 Å². The van der Waals surface area contributed by atoms with Crippen molar-refractivity contribution in [3.63, 3.8) is 0 Å². The Bertz CT molecular complexity index is 598. The van der Waals surface area contributed by atoms with Crippen molar-refractivity contribution in [1.82, 2.24) is 0 Å². The van der Waals surface area contributed by atoms with Crippen molar-refractivity contribution in [2.45, 2.75) is 11.8 Å². The minimum absolute atomic E-state index is 0.194. The molecule has 0 saturated heterocycles. The standard InChI is InChI=1S/C14H12ClNOS/c1-9-6-7-10(8-12(9)15)16-14(17)11-4-2-3-5-13(11)18/h2-8,18H,1H3,(H,16,17). The van der Waals surface area contributed by atoms with Gasteiger partial charge in [-0.05, 0) is 36.8 Å². The van der Waals surface area contributed by atoms with Gasteiger partial charge < -0.3 is 5.32 Å². The zero-order valence-electron chi connectivity index (χ0n) is 9.77. The van der Waals surface area contributed by atoms with E-state index in [2.05, 4.69) is 17.9 Å². The molecule has 18 heavy (non-hydrogen) atoms. The lowest BCUT2D eigenvalue weighted by molar-refractivity contribution is 0.102. The second-order valence-corrected chi connectivity index (χ2v) is 4.82. The number of hydrogen-bond donors (Lipinski definition) is 2. The van der Waals surface area contributed by atoms with Gasteiger partial charge in [0, 0.05) is 15.6 Å². The Labute approximate surface area is 116 Å². The van der Waals surface area contributed by atoms with Crippen molar-refractivity contribution in [1.29, 1.82) is 0 Å². The molecule has 2 rings (SSSR count). The summed E-state index contributed by atoms with van der Waals surface area (Å²) in [4.78, 5) is 12.7. The van der Waals surface area contributed by atoms with Gasteiger partial charge in [0.05, 0.1) is 5.56 Å². The third-order valence-electron chi connectivity index (χ3n) is 2.58. The number of nitrogens with one attached hydrogen (secondary N) is 1. The summed E-state index contributed by atoms with van der Waals surface area (Å²) in [5.41, 5.74) is 2.19. The Kier molecular flexibility index (Phi) is 3.94. The monoisotopic (exact) mass is 277 g/mol. The van der Waals surface area contributed by atoms with Crippen molar-refractivity contribution in [3.8, 4) is 0 Å². The van der Waals surface area contributed by atoms with Gasteiger partial charge in [0.25, 0.3) is 5.91 Å². The van der Waals surface area contributed by atoms with Crippen LogP contribution in [0.25, 0.3) is 0 Å². The number of rotatable bonds is 2. The molecule has 0 fully saturated rings. The van der Waals surface area contributed by atoms with Gasteiger partial charge in [0.15, 0.2) is 0 Å². The molecular weight excluding hydrogens is 266 g/mol. The lowest BCUT2D eigenvalue weighted by atomic mass is 10.2. The van der Waals surface area contributed by atoms with Crippen LogP contribution in [0.5, 0.6) is 0 Å². The van der Waals surface area contributed by atoms with Crippen LogP contribution in [0.2, 0.25) is 5.02 Å². The molecule has 0 aliphatic carbocycles. The zero-order chi connectivity index (χ0) is 13.1. The predicted molar refractivity (Wildman–Crippen MR) is 77.8 cm³/mol. The van der Waals surface area contributed by atoms with Gasteiger partial charge in [-0.1, -0.05) is 29.8 Å². The topological polar surface area (TPSA) is 29.1 Å². The van der Waals surface area contributed by atoms with Gasteiger partial charge in [-0.3, -0.25) is 4.79 Å². The summed E-state index contributed by atoms with van der Waals surface area (Å²) >= 11 is 10.3. The fraction of sp³-hybridized carbons (Fsp3) is 0.0714. The largest absolute Gasteiger partial charge is 0.322 e. The fourth-order valence-electron chi connectivity index (χ4n) is 1.53. The quantitative estimate of drug-likeness (QED) is 0.792. The lowest BCUT2D eigenvalue weighted by Crippen LogP contribution is -2.12. The maximum absolute atomic E-state index is 12.0. The van der Waals surface area contributed by atoms with E-state index in [1.54, 1.807) is 24.3 Å². The number of carbonyl (C=O) groups excluding carboxylic acids is 1. The molecular formula is C14H12ClNOS. The van der Waals surface area contributed by atoms with E-state index in [0.29, 0.717) is 21.2 Å². The van der Waals surface area contributed by atoms with Crippen LogP contribution in [0.3, 0.4) is 0 Å². The van der Waals surface area contributed by atoms with E-state index in [0.717, 1.165) is 5.56 Å². The first kappa shape index (κ1) is 13.0. The number of anilines is 1. The van der Waals surface area contributed by atoms with Crippen LogP contribution in [0.1, 0.15) is 15.9 Å². The highest BCUT2D eigenvalue weighted by Crippen LogP contribution is 2.21. The van der Waals surface area contributed by atoms with Crippen LogP contribution in [-0.2, 0) is 0 Å². The average molecular weight is 278 g/mol. The molecule has 0 saturated carbocycles. The fourth-order valence-corrected chi connectivity index (χ4v) is 1.98. The minimum atomic E-state index is -0.194. The summed E-state index contributed by atoms with van der Waals surface area (Å²) in [6.45, 7) is 1.91. The molecule has 2 aromatic carbocycles. The molecule has 0 spiro atoms. The molecule has 0 aliphatic rings. The highest BCUT2D eigenvalue weighted by atomic mass is 35.5. The molecule has 92 valence electrons. The number of amides is 1. The number of thiol groups is 1. The normalized spacial score (nSPS) is 10.2. The molecule has 0 aromatic heterocycles. The number of carbonyl (C=O) groups is 1. The van der Waals surface area contributed by atoms with E-state index in [1.165, 1.54) is 0 Å². The number of hydrogen-bond acceptors (Lipinski definition) is 2. The van der Waals surface area contributed by atoms with E-state index in [-0.39, 0.29) is 5.91 Å². The predicted octanol–water partition coefficient (Wildman–Crippen LogP) is 4.19. The number of aryl methyl sites for hydroxylation is 1. The van der Waals surface area contributed by atoms with E-state index in [4.69, 9.17) is 11.6 Å². The highest BCUT2D eigenvalue weighted by Gasteiger charge is 2.09. The van der Waals surface area contributed by atoms with Gasteiger partial charge in [-0.25, -0.2) is 0 Å². The zero-order valence-corrected chi connectivity index (χ0v) is 11.4. The summed E-state index contributed by atoms with van der Waals surface area (Å²) in [6, 6.07) is 12.6. The van der Waals surface area contributed by atoms with Crippen LogP contribution in [0, 0.1) is 6.92 Å². The first-order valence-corrected chi connectivity index (χ1v) is 6.26. The maximum atomic E-state index is 12.0. The first-order valence-electron chi connectivity index (χ1n) is 5.43. The molecule has 0 heterocycles. The number of benzene rings is 2. The number of halogens is 1. The van der Waals surface area contributed by atoms with Crippen molar-refractivity contribution in [2.75, 3.05) is 5.32 Å². The first-order chi connectivity index (χ1) is 8.58. The smallest absolute Gasteiger partial charge is 0.256 e. The van der Waals surface area contributed by atoms with Gasteiger partial charge in [0.1, 0.15) is 0 Å². The lowest BCUT2D eigenvalue weighted by Gasteiger charge is -2.08. The third kappa shape index (κ3) is 2.86. The van der Waals surface area contributed by atoms with Gasteiger partial charge in [-0.15, -0.1) is 12.6 Å². The van der Waals surface area contributed by atoms with E-state index < -0.39 is 0 Å². The molecule has 0 atom stereocenters. The van der Waals surface area contributed by atoms with E-state index >= 15 is 0 Å². The summed E-state index contributed by atoms with van der Waals surface area (Å²) in [6.07, 6.45) is 0. The van der Waals surface area contributed by atoms with Crippen LogP contribution in [0.15, 0.2) is 47.4 Å². The van der Waals surface area contributed by atoms with Gasteiger partial charge >= 0.3 is 0 Å². The molecule has 2 nitrogen and oxygen atoms in total. The Morgan fingerprint density at radius 2 is 1.94 bits per heavy atom. The third-order valence-corrected chi connectivity index (χ3v) is 3.38. The van der Waals surface area contributed by atoms with Crippen LogP contribution in [0.4, 0.5) is 5.69 Å². The van der Waals surface area contributed by atoms with Crippen molar-refractivity contribution >= 4 is 35.8 Å². The Balaban J connectivity index is 2.22. The second-order valence-electron chi connectivity index (χ2n) is 3.94. The molecule has 0 bridgehead atoms. The Morgan fingerprint density at radius 1 is 1.22 bits per heavy atom. The van der Waals surface area contributed by atoms with E-state index in [1.807, 2.05) is 25.1 Å². The average Bonchev–Trinajstić information content (AvgIpc) is 2.34. The van der Waals surface area contributed by atoms with Crippen molar-refractivity contribution < 1.29 is 4.79 Å². The molecule has 1 N–H and O–H groups in total. The maximum Gasteiger partial charge on any atom is 0.256 e. The SMILES string of the molecule is Cc1ccc(NC(=O)c2ccccc2S)cc1Cl. The molecule has 2 aromatic rings. The van der Waals surface area contributed by atoms with Crippen molar-refractivity contribution in [3.05, 3.63) is 58.6 Å². The molecule has 4 heteroatoms. The summed E-state index contributed by atoms with van der Waals surface area (Å²) < 4.78 is 0. The molecule has 0 aliphatic heterocycles. The Hall–Kier alpha value is -1.45. The summed E-state index contributed by atoms with van der Waals surface area (Å²) in [5, 5.41) is 3.43. The van der Waals surface area contributed by atoms with Gasteiger partial charge in [-0.2, -0.15) is 0 Å². The van der Waals surface area contributed by atoms with Gasteiger partial charge in [0.2, 0.25) is 0 Å². The Morgan fingerprint density at radius 3 is 2.61 bits per heavy atom. The van der Waals surface area contributed by atoms with Crippen LogP contribution in [-0.4, -0.2) is 5.91 Å². The van der Waals surface area contributed by atoms with Crippen LogP contribution < -0.4 is 5.32 Å². The molecule has 1 amide bonds.